The number of anilines is 2. The third kappa shape index (κ3) is 2.32. The summed E-state index contributed by atoms with van der Waals surface area (Å²) in [4.78, 5) is 0. The first-order chi connectivity index (χ1) is 8.62. The van der Waals surface area contributed by atoms with E-state index in [1.165, 1.54) is 6.42 Å². The van der Waals surface area contributed by atoms with Gasteiger partial charge in [-0.25, -0.2) is 4.68 Å². The van der Waals surface area contributed by atoms with E-state index < -0.39 is 0 Å². The van der Waals surface area contributed by atoms with Crippen molar-refractivity contribution in [1.82, 2.24) is 9.78 Å². The van der Waals surface area contributed by atoms with Crippen molar-refractivity contribution >= 4 is 11.5 Å². The Morgan fingerprint density at radius 1 is 1.50 bits per heavy atom. The first-order valence-electron chi connectivity index (χ1n) is 6.74. The van der Waals surface area contributed by atoms with Crippen molar-refractivity contribution < 1.29 is 4.74 Å². The predicted octanol–water partition coefficient (Wildman–Crippen LogP) is 2.16. The number of aromatic nitrogens is 2. The van der Waals surface area contributed by atoms with Crippen LogP contribution >= 0.6 is 0 Å². The van der Waals surface area contributed by atoms with Crippen LogP contribution < -0.4 is 11.1 Å². The van der Waals surface area contributed by atoms with E-state index in [0.29, 0.717) is 0 Å². The van der Waals surface area contributed by atoms with Crippen LogP contribution in [0.3, 0.4) is 0 Å². The molecule has 0 atom stereocenters. The van der Waals surface area contributed by atoms with Crippen molar-refractivity contribution in [1.29, 1.82) is 0 Å². The van der Waals surface area contributed by atoms with Crippen molar-refractivity contribution in [3.63, 3.8) is 0 Å². The molecule has 0 unspecified atom stereocenters. The Bertz CT molecular complexity index is 404. The molecule has 1 fully saturated rings. The summed E-state index contributed by atoms with van der Waals surface area (Å²) in [6.45, 7) is 5.78. The zero-order valence-electron chi connectivity index (χ0n) is 11.6. The molecule has 3 N–H and O–H groups in total. The maximum atomic E-state index is 6.08. The molecule has 0 aromatic carbocycles. The highest BCUT2D eigenvalue weighted by Gasteiger charge is 2.37. The molecule has 0 amide bonds. The number of hydrogen-bond donors (Lipinski definition) is 2. The molecule has 1 aliphatic carbocycles. The van der Waals surface area contributed by atoms with Gasteiger partial charge in [0.2, 0.25) is 0 Å². The van der Waals surface area contributed by atoms with Crippen LogP contribution in [0.4, 0.5) is 11.5 Å². The number of nitrogens with one attached hydrogen (secondary N) is 1. The Morgan fingerprint density at radius 3 is 2.72 bits per heavy atom. The fraction of sp³-hybridized carbons (Fsp3) is 0.769. The van der Waals surface area contributed by atoms with E-state index in [9.17, 15) is 0 Å². The van der Waals surface area contributed by atoms with Gasteiger partial charge in [0.1, 0.15) is 5.82 Å². The van der Waals surface area contributed by atoms with E-state index in [0.717, 1.165) is 49.6 Å². The zero-order valence-corrected chi connectivity index (χ0v) is 11.6. The van der Waals surface area contributed by atoms with Gasteiger partial charge in [-0.15, -0.1) is 0 Å². The molecule has 1 saturated carbocycles. The topological polar surface area (TPSA) is 65.1 Å². The highest BCUT2D eigenvalue weighted by Crippen LogP contribution is 2.35. The Balaban J connectivity index is 2.08. The molecule has 5 heteroatoms. The van der Waals surface area contributed by atoms with E-state index in [4.69, 9.17) is 10.5 Å². The quantitative estimate of drug-likeness (QED) is 0.814. The Morgan fingerprint density at radius 2 is 2.22 bits per heavy atom. The molecule has 0 bridgehead atoms. The third-order valence-electron chi connectivity index (χ3n) is 3.88. The SMILES string of the molecule is CCCn1nc(C)c(N)c1NCC1(OC)CCC1. The monoisotopic (exact) mass is 252 g/mol. The minimum absolute atomic E-state index is 0.00165. The van der Waals surface area contributed by atoms with Crippen molar-refractivity contribution in [3.8, 4) is 0 Å². The molecule has 18 heavy (non-hydrogen) atoms. The smallest absolute Gasteiger partial charge is 0.148 e. The normalized spacial score (nSPS) is 17.5. The molecule has 2 rings (SSSR count). The minimum Gasteiger partial charge on any atom is -0.394 e. The number of hydrogen-bond acceptors (Lipinski definition) is 4. The maximum Gasteiger partial charge on any atom is 0.148 e. The van der Waals surface area contributed by atoms with Gasteiger partial charge in [0.05, 0.1) is 17.0 Å². The number of rotatable bonds is 6. The second-order valence-electron chi connectivity index (χ2n) is 5.17. The van der Waals surface area contributed by atoms with Gasteiger partial charge in [-0.2, -0.15) is 5.10 Å². The Labute approximate surface area is 109 Å². The molecule has 0 saturated heterocycles. The van der Waals surface area contributed by atoms with Crippen LogP contribution in [0.1, 0.15) is 38.3 Å². The summed E-state index contributed by atoms with van der Waals surface area (Å²) in [5.74, 6) is 0.942. The average molecular weight is 252 g/mol. The van der Waals surface area contributed by atoms with E-state index >= 15 is 0 Å². The maximum absolute atomic E-state index is 6.08. The first kappa shape index (κ1) is 13.2. The highest BCUT2D eigenvalue weighted by molar-refractivity contribution is 5.64. The van der Waals surface area contributed by atoms with Crippen molar-refractivity contribution in [2.45, 2.75) is 51.7 Å². The van der Waals surface area contributed by atoms with Gasteiger partial charge in [0, 0.05) is 20.2 Å². The summed E-state index contributed by atoms with van der Waals surface area (Å²) >= 11 is 0. The summed E-state index contributed by atoms with van der Waals surface area (Å²) < 4.78 is 7.57. The van der Waals surface area contributed by atoms with Gasteiger partial charge in [-0.05, 0) is 32.6 Å². The lowest BCUT2D eigenvalue weighted by molar-refractivity contribution is -0.0602. The van der Waals surface area contributed by atoms with Crippen molar-refractivity contribution in [2.24, 2.45) is 0 Å². The number of nitrogens with two attached hydrogens (primary N) is 1. The van der Waals surface area contributed by atoms with E-state index in [2.05, 4.69) is 17.3 Å². The van der Waals surface area contributed by atoms with Crippen molar-refractivity contribution in [2.75, 3.05) is 24.7 Å². The van der Waals surface area contributed by atoms with Gasteiger partial charge in [0.15, 0.2) is 0 Å². The first-order valence-corrected chi connectivity index (χ1v) is 6.74. The summed E-state index contributed by atoms with van der Waals surface area (Å²) in [7, 11) is 1.79. The standard InChI is InChI=1S/C13H24N4O/c1-4-8-17-12(11(14)10(2)16-17)15-9-13(18-3)6-5-7-13/h15H,4-9,14H2,1-3H3. The third-order valence-corrected chi connectivity index (χ3v) is 3.88. The number of ether oxygens (including phenoxy) is 1. The molecule has 0 spiro atoms. The molecule has 0 radical (unpaired) electrons. The second kappa shape index (κ2) is 5.18. The predicted molar refractivity (Wildman–Crippen MR) is 73.7 cm³/mol. The summed E-state index contributed by atoms with van der Waals surface area (Å²) in [6.07, 6.45) is 4.54. The number of methoxy groups -OCH3 is 1. The average Bonchev–Trinajstić information content (AvgIpc) is 2.56. The summed E-state index contributed by atoms with van der Waals surface area (Å²) in [5, 5.41) is 7.89. The van der Waals surface area contributed by atoms with Gasteiger partial charge >= 0.3 is 0 Å². The summed E-state index contributed by atoms with van der Waals surface area (Å²) in [5.41, 5.74) is 7.73. The molecule has 102 valence electrons. The van der Waals surface area contributed by atoms with Gasteiger partial charge in [0.25, 0.3) is 0 Å². The van der Waals surface area contributed by atoms with Crippen LogP contribution in [0.15, 0.2) is 0 Å². The fourth-order valence-corrected chi connectivity index (χ4v) is 2.42. The van der Waals surface area contributed by atoms with E-state index in [1.54, 1.807) is 7.11 Å². The molecule has 1 aromatic heterocycles. The Hall–Kier alpha value is -1.23. The van der Waals surface area contributed by atoms with E-state index in [-0.39, 0.29) is 5.60 Å². The number of nitrogen functional groups attached to an aromatic ring is 1. The second-order valence-corrected chi connectivity index (χ2v) is 5.17. The molecule has 5 nitrogen and oxygen atoms in total. The van der Waals surface area contributed by atoms with Gasteiger partial charge in [-0.3, -0.25) is 0 Å². The minimum atomic E-state index is 0.00165. The summed E-state index contributed by atoms with van der Waals surface area (Å²) in [6, 6.07) is 0. The van der Waals surface area contributed by atoms with Gasteiger partial charge in [-0.1, -0.05) is 6.92 Å². The molecule has 1 aromatic rings. The lowest BCUT2D eigenvalue weighted by Crippen LogP contribution is -2.45. The molecular weight excluding hydrogens is 228 g/mol. The van der Waals surface area contributed by atoms with Crippen LogP contribution in [-0.2, 0) is 11.3 Å². The lowest BCUT2D eigenvalue weighted by Gasteiger charge is -2.40. The van der Waals surface area contributed by atoms with Gasteiger partial charge < -0.3 is 15.8 Å². The van der Waals surface area contributed by atoms with Crippen LogP contribution in [0.5, 0.6) is 0 Å². The molecule has 0 aliphatic heterocycles. The highest BCUT2D eigenvalue weighted by atomic mass is 16.5. The number of nitrogens with zero attached hydrogens (tertiary/aromatic N) is 2. The Kier molecular flexibility index (Phi) is 3.80. The zero-order chi connectivity index (χ0) is 13.2. The van der Waals surface area contributed by atoms with Crippen molar-refractivity contribution in [3.05, 3.63) is 5.69 Å². The van der Waals surface area contributed by atoms with Crippen LogP contribution in [0, 0.1) is 6.92 Å². The number of aryl methyl sites for hydroxylation is 2. The lowest BCUT2D eigenvalue weighted by atomic mass is 9.80. The molecule has 1 aliphatic rings. The fourth-order valence-electron chi connectivity index (χ4n) is 2.42. The molecule has 1 heterocycles. The van der Waals surface area contributed by atoms with Crippen LogP contribution in [0.25, 0.3) is 0 Å². The largest absolute Gasteiger partial charge is 0.394 e. The van der Waals surface area contributed by atoms with Crippen LogP contribution in [0.2, 0.25) is 0 Å². The van der Waals surface area contributed by atoms with E-state index in [1.807, 2.05) is 11.6 Å². The van der Waals surface area contributed by atoms with Crippen LogP contribution in [-0.4, -0.2) is 29.0 Å². The molecular formula is C13H24N4O.